The molecule has 1 unspecified atom stereocenters. The minimum Gasteiger partial charge on any atom is -0.494 e. The van der Waals surface area contributed by atoms with E-state index in [2.05, 4.69) is 0 Å². The Bertz CT molecular complexity index is 1520. The van der Waals surface area contributed by atoms with E-state index in [4.69, 9.17) is 10.5 Å². The second-order valence-corrected chi connectivity index (χ2v) is 9.98. The van der Waals surface area contributed by atoms with Gasteiger partial charge in [0.05, 0.1) is 29.8 Å². The highest BCUT2D eigenvalue weighted by Crippen LogP contribution is 2.43. The van der Waals surface area contributed by atoms with Crippen LogP contribution < -0.4 is 16.0 Å². The van der Waals surface area contributed by atoms with Crippen molar-refractivity contribution in [3.05, 3.63) is 117 Å². The SMILES string of the molecule is COc1cccc(-c2c(C)c(Cc3c(F)cccc3F)c3n(c2=O)[C@@H](C(N)c2ccccc2)CS3)c1F. The molecule has 0 saturated heterocycles. The highest BCUT2D eigenvalue weighted by molar-refractivity contribution is 7.99. The Balaban J connectivity index is 1.77. The number of halogens is 3. The number of rotatable bonds is 6. The summed E-state index contributed by atoms with van der Waals surface area (Å²) in [6.07, 6.45) is -0.0984. The van der Waals surface area contributed by atoms with Gasteiger partial charge in [-0.3, -0.25) is 9.36 Å². The first-order valence-corrected chi connectivity index (χ1v) is 12.8. The summed E-state index contributed by atoms with van der Waals surface area (Å²) in [5.74, 6) is -1.56. The number of pyridine rings is 1. The average Bonchev–Trinajstić information content (AvgIpc) is 3.34. The van der Waals surface area contributed by atoms with Crippen molar-refractivity contribution < 1.29 is 17.9 Å². The van der Waals surface area contributed by atoms with Crippen LogP contribution in [0, 0.1) is 24.4 Å². The number of benzene rings is 3. The second-order valence-electron chi connectivity index (χ2n) is 8.97. The van der Waals surface area contributed by atoms with Crippen LogP contribution in [0.3, 0.4) is 0 Å². The van der Waals surface area contributed by atoms with Gasteiger partial charge in [0.15, 0.2) is 11.6 Å². The molecule has 0 spiro atoms. The van der Waals surface area contributed by atoms with Gasteiger partial charge in [0.25, 0.3) is 5.56 Å². The third kappa shape index (κ3) is 4.34. The largest absolute Gasteiger partial charge is 0.494 e. The number of thioether (sulfide) groups is 1. The molecule has 4 aromatic rings. The molecule has 0 bridgehead atoms. The first-order chi connectivity index (χ1) is 17.8. The number of methoxy groups -OCH3 is 1. The van der Waals surface area contributed by atoms with Crippen molar-refractivity contribution in [2.45, 2.75) is 30.5 Å². The molecule has 8 heteroatoms. The molecule has 4 nitrogen and oxygen atoms in total. The fourth-order valence-corrected chi connectivity index (χ4v) is 6.40. The minimum atomic E-state index is -0.681. The lowest BCUT2D eigenvalue weighted by atomic mass is 9.93. The van der Waals surface area contributed by atoms with Gasteiger partial charge in [0.1, 0.15) is 11.6 Å². The lowest BCUT2D eigenvalue weighted by Crippen LogP contribution is -2.33. The Morgan fingerprint density at radius 2 is 1.68 bits per heavy atom. The number of hydrogen-bond acceptors (Lipinski definition) is 4. The van der Waals surface area contributed by atoms with Crippen molar-refractivity contribution in [3.63, 3.8) is 0 Å². The van der Waals surface area contributed by atoms with Gasteiger partial charge in [0.2, 0.25) is 0 Å². The number of nitrogens with zero attached hydrogens (tertiary/aromatic N) is 1. The zero-order chi connectivity index (χ0) is 26.3. The van der Waals surface area contributed by atoms with Crippen LogP contribution in [0.1, 0.15) is 34.3 Å². The van der Waals surface area contributed by atoms with Gasteiger partial charge in [-0.05, 0) is 41.8 Å². The van der Waals surface area contributed by atoms with E-state index in [0.717, 1.165) is 5.56 Å². The van der Waals surface area contributed by atoms with E-state index in [-0.39, 0.29) is 28.9 Å². The predicted octanol–water partition coefficient (Wildman–Crippen LogP) is 6.19. The Morgan fingerprint density at radius 3 is 2.35 bits per heavy atom. The number of aromatic nitrogens is 1. The van der Waals surface area contributed by atoms with Gasteiger partial charge < -0.3 is 10.5 Å². The molecule has 1 aliphatic heterocycles. The van der Waals surface area contributed by atoms with Crippen LogP contribution in [-0.4, -0.2) is 17.4 Å². The molecule has 0 amide bonds. The molecule has 2 N–H and O–H groups in total. The van der Waals surface area contributed by atoms with Gasteiger partial charge in [-0.15, -0.1) is 11.8 Å². The fraction of sp³-hybridized carbons (Fsp3) is 0.207. The highest BCUT2D eigenvalue weighted by Gasteiger charge is 2.35. The Hall–Kier alpha value is -3.49. The maximum absolute atomic E-state index is 15.5. The van der Waals surface area contributed by atoms with Crippen molar-refractivity contribution in [2.24, 2.45) is 5.73 Å². The normalized spacial score (nSPS) is 15.5. The average molecular weight is 523 g/mol. The van der Waals surface area contributed by atoms with Gasteiger partial charge in [-0.2, -0.15) is 0 Å². The first-order valence-electron chi connectivity index (χ1n) is 11.8. The van der Waals surface area contributed by atoms with Crippen LogP contribution in [0.5, 0.6) is 5.75 Å². The van der Waals surface area contributed by atoms with Gasteiger partial charge in [-0.1, -0.05) is 48.5 Å². The number of fused-ring (bicyclic) bond motifs is 1. The van der Waals surface area contributed by atoms with E-state index in [1.165, 1.54) is 49.2 Å². The molecule has 3 aromatic carbocycles. The summed E-state index contributed by atoms with van der Waals surface area (Å²) in [6, 6.07) is 16.8. The maximum atomic E-state index is 15.5. The van der Waals surface area contributed by atoms with Gasteiger partial charge in [-0.25, -0.2) is 13.2 Å². The standard InChI is InChI=1S/C29H25F3N2O2S/c1-16-19(14-20-21(30)11-7-12-22(20)31)29-34(23(15-37-29)27(33)17-8-4-3-5-9-17)28(35)25(16)18-10-6-13-24(36-2)26(18)32/h3-13,23,27H,14-15,33H2,1-2H3/t23-,27?/m1/s1. The molecule has 1 aromatic heterocycles. The second kappa shape index (κ2) is 10.1. The molecular weight excluding hydrogens is 497 g/mol. The molecule has 0 saturated carbocycles. The van der Waals surface area contributed by atoms with Crippen LogP contribution in [0.15, 0.2) is 76.6 Å². The summed E-state index contributed by atoms with van der Waals surface area (Å²) >= 11 is 1.42. The van der Waals surface area contributed by atoms with E-state index >= 15 is 4.39 Å². The Morgan fingerprint density at radius 1 is 1.00 bits per heavy atom. The number of nitrogens with two attached hydrogens (primary N) is 1. The molecule has 0 aliphatic carbocycles. The summed E-state index contributed by atoms with van der Waals surface area (Å²) in [6.45, 7) is 1.69. The van der Waals surface area contributed by atoms with E-state index in [1.807, 2.05) is 30.3 Å². The maximum Gasteiger partial charge on any atom is 0.260 e. The Labute approximate surface area is 216 Å². The zero-order valence-electron chi connectivity index (χ0n) is 20.3. The lowest BCUT2D eigenvalue weighted by molar-refractivity contribution is 0.387. The van der Waals surface area contributed by atoms with E-state index in [9.17, 15) is 13.6 Å². The monoisotopic (exact) mass is 522 g/mol. The van der Waals surface area contributed by atoms with E-state index < -0.39 is 35.1 Å². The minimum absolute atomic E-state index is 0.00425. The molecular formula is C29H25F3N2O2S. The van der Waals surface area contributed by atoms with Crippen LogP contribution in [0.4, 0.5) is 13.2 Å². The summed E-state index contributed by atoms with van der Waals surface area (Å²) in [4.78, 5) is 14.1. The van der Waals surface area contributed by atoms with Gasteiger partial charge in [0, 0.05) is 23.3 Å². The summed E-state index contributed by atoms with van der Waals surface area (Å²) in [5.41, 5.74) is 8.21. The van der Waals surface area contributed by atoms with Crippen molar-refractivity contribution in [1.29, 1.82) is 0 Å². The molecule has 2 atom stereocenters. The summed E-state index contributed by atoms with van der Waals surface area (Å²) < 4.78 is 51.6. The number of hydrogen-bond donors (Lipinski definition) is 1. The molecule has 1 aliphatic rings. The van der Waals surface area contributed by atoms with Crippen LogP contribution >= 0.6 is 11.8 Å². The Kier molecular flexibility index (Phi) is 6.88. The molecule has 0 fully saturated rings. The van der Waals surface area contributed by atoms with E-state index in [0.29, 0.717) is 21.9 Å². The molecule has 5 rings (SSSR count). The van der Waals surface area contributed by atoms with Crippen LogP contribution in [0.25, 0.3) is 11.1 Å². The predicted molar refractivity (Wildman–Crippen MR) is 140 cm³/mol. The fourth-order valence-electron chi connectivity index (χ4n) is 4.95. The summed E-state index contributed by atoms with van der Waals surface area (Å²) in [5, 5.41) is 0.591. The quantitative estimate of drug-likeness (QED) is 0.328. The molecule has 2 heterocycles. The third-order valence-electron chi connectivity index (χ3n) is 6.93. The van der Waals surface area contributed by atoms with E-state index in [1.54, 1.807) is 17.6 Å². The lowest BCUT2D eigenvalue weighted by Gasteiger charge is -2.25. The zero-order valence-corrected chi connectivity index (χ0v) is 21.1. The van der Waals surface area contributed by atoms with Crippen molar-refractivity contribution in [2.75, 3.05) is 12.9 Å². The van der Waals surface area contributed by atoms with Crippen molar-refractivity contribution >= 4 is 11.8 Å². The molecule has 0 radical (unpaired) electrons. The van der Waals surface area contributed by atoms with Crippen LogP contribution in [-0.2, 0) is 6.42 Å². The summed E-state index contributed by atoms with van der Waals surface area (Å²) in [7, 11) is 1.35. The number of ether oxygens (including phenoxy) is 1. The third-order valence-corrected chi connectivity index (χ3v) is 8.15. The smallest absolute Gasteiger partial charge is 0.260 e. The molecule has 190 valence electrons. The van der Waals surface area contributed by atoms with Crippen LogP contribution in [0.2, 0.25) is 0 Å². The van der Waals surface area contributed by atoms with Crippen molar-refractivity contribution in [1.82, 2.24) is 4.57 Å². The highest BCUT2D eigenvalue weighted by atomic mass is 32.2. The van der Waals surface area contributed by atoms with Gasteiger partial charge >= 0.3 is 0 Å². The first kappa shape index (κ1) is 25.2. The van der Waals surface area contributed by atoms with Crippen molar-refractivity contribution in [3.8, 4) is 16.9 Å². The topological polar surface area (TPSA) is 57.2 Å². The molecule has 37 heavy (non-hydrogen) atoms.